The second-order valence-electron chi connectivity index (χ2n) is 6.65. The third kappa shape index (κ3) is 5.16. The number of anilines is 2. The maximum Gasteiger partial charge on any atom is 0.269 e. The summed E-state index contributed by atoms with van der Waals surface area (Å²) in [6, 6.07) is 13.3. The summed E-state index contributed by atoms with van der Waals surface area (Å²) >= 11 is 0. The highest BCUT2D eigenvalue weighted by Crippen LogP contribution is 2.32. The topological polar surface area (TPSA) is 126 Å². The van der Waals surface area contributed by atoms with E-state index in [0.717, 1.165) is 11.4 Å². The highest BCUT2D eigenvalue weighted by atomic mass is 16.6. The first-order chi connectivity index (χ1) is 14.5. The molecule has 2 amide bonds. The number of hydrogen-bond acceptors (Lipinski definition) is 7. The Kier molecular flexibility index (Phi) is 6.68. The number of benzene rings is 2. The minimum atomic E-state index is -0.693. The lowest BCUT2D eigenvalue weighted by Crippen LogP contribution is -2.50. The van der Waals surface area contributed by atoms with Crippen LogP contribution in [-0.2, 0) is 9.59 Å². The van der Waals surface area contributed by atoms with Gasteiger partial charge in [0.15, 0.2) is 6.10 Å². The predicted octanol–water partition coefficient (Wildman–Crippen LogP) is 1.14. The molecule has 0 aliphatic carbocycles. The van der Waals surface area contributed by atoms with Gasteiger partial charge >= 0.3 is 0 Å². The minimum Gasteiger partial charge on any atom is -0.477 e. The van der Waals surface area contributed by atoms with Crippen molar-refractivity contribution in [1.82, 2.24) is 10.6 Å². The summed E-state index contributed by atoms with van der Waals surface area (Å²) in [6.45, 7) is 1.20. The Hall–Kier alpha value is -3.82. The van der Waals surface area contributed by atoms with Gasteiger partial charge in [0.25, 0.3) is 11.6 Å². The number of likely N-dealkylation sites (N-methyl/N-ethyl adjacent to an activating group) is 1. The minimum absolute atomic E-state index is 0.0229. The highest BCUT2D eigenvalue weighted by molar-refractivity contribution is 5.86. The molecule has 0 aromatic heterocycles. The van der Waals surface area contributed by atoms with E-state index in [1.807, 2.05) is 23.1 Å². The number of nitrogens with one attached hydrogen (secondary N) is 3. The molecule has 0 saturated heterocycles. The van der Waals surface area contributed by atoms with Crippen LogP contribution in [0.1, 0.15) is 0 Å². The van der Waals surface area contributed by atoms with Crippen LogP contribution in [0.4, 0.5) is 17.1 Å². The van der Waals surface area contributed by atoms with Gasteiger partial charge in [-0.05, 0) is 24.3 Å². The summed E-state index contributed by atoms with van der Waals surface area (Å²) in [5.74, 6) is 0.125. The molecule has 1 atom stereocenters. The fourth-order valence-electron chi connectivity index (χ4n) is 3.09. The SMILES string of the molecule is CNC(=O)[C@@H]1CN(CC(=O)NCCNc2ccc([N+](=O)[O-])cc2)c2ccccc2O1. The number of nitro groups is 1. The van der Waals surface area contributed by atoms with Gasteiger partial charge in [-0.2, -0.15) is 0 Å². The van der Waals surface area contributed by atoms with E-state index in [2.05, 4.69) is 16.0 Å². The van der Waals surface area contributed by atoms with Gasteiger partial charge in [0.2, 0.25) is 5.91 Å². The van der Waals surface area contributed by atoms with E-state index >= 15 is 0 Å². The molecule has 0 radical (unpaired) electrons. The molecule has 0 saturated carbocycles. The van der Waals surface area contributed by atoms with Gasteiger partial charge in [-0.25, -0.2) is 0 Å². The second-order valence-corrected chi connectivity index (χ2v) is 6.65. The third-order valence-corrected chi connectivity index (χ3v) is 4.59. The Morgan fingerprint density at radius 2 is 1.90 bits per heavy atom. The van der Waals surface area contributed by atoms with E-state index in [9.17, 15) is 19.7 Å². The summed E-state index contributed by atoms with van der Waals surface area (Å²) < 4.78 is 5.73. The van der Waals surface area contributed by atoms with Gasteiger partial charge in [-0.1, -0.05) is 12.1 Å². The van der Waals surface area contributed by atoms with Crippen LogP contribution in [0.3, 0.4) is 0 Å². The van der Waals surface area contributed by atoms with E-state index < -0.39 is 11.0 Å². The Labute approximate surface area is 173 Å². The smallest absolute Gasteiger partial charge is 0.269 e. The van der Waals surface area contributed by atoms with Gasteiger partial charge < -0.3 is 25.6 Å². The highest BCUT2D eigenvalue weighted by Gasteiger charge is 2.30. The zero-order chi connectivity index (χ0) is 21.5. The lowest BCUT2D eigenvalue weighted by Gasteiger charge is -2.35. The van der Waals surface area contributed by atoms with E-state index in [0.29, 0.717) is 18.8 Å². The van der Waals surface area contributed by atoms with Crippen molar-refractivity contribution in [3.05, 3.63) is 58.6 Å². The van der Waals surface area contributed by atoms with Crippen LogP contribution in [0, 0.1) is 10.1 Å². The van der Waals surface area contributed by atoms with Gasteiger partial charge in [-0.3, -0.25) is 19.7 Å². The molecule has 10 heteroatoms. The number of carbonyl (C=O) groups excluding carboxylic acids is 2. The van der Waals surface area contributed by atoms with Crippen LogP contribution in [-0.4, -0.2) is 56.1 Å². The number of nitro benzene ring substituents is 1. The van der Waals surface area contributed by atoms with Crippen molar-refractivity contribution in [2.24, 2.45) is 0 Å². The van der Waals surface area contributed by atoms with Crippen LogP contribution in [0.25, 0.3) is 0 Å². The summed E-state index contributed by atoms with van der Waals surface area (Å²) in [5, 5.41) is 19.2. The second kappa shape index (κ2) is 9.59. The first-order valence-corrected chi connectivity index (χ1v) is 9.45. The van der Waals surface area contributed by atoms with Gasteiger partial charge in [0.1, 0.15) is 5.75 Å². The summed E-state index contributed by atoms with van der Waals surface area (Å²) in [6.07, 6.45) is -0.693. The van der Waals surface area contributed by atoms with Crippen molar-refractivity contribution in [1.29, 1.82) is 0 Å². The molecule has 30 heavy (non-hydrogen) atoms. The van der Waals surface area contributed by atoms with Crippen LogP contribution in [0.2, 0.25) is 0 Å². The molecule has 2 aromatic rings. The van der Waals surface area contributed by atoms with Crippen LogP contribution < -0.4 is 25.6 Å². The Bertz CT molecular complexity index is 918. The third-order valence-electron chi connectivity index (χ3n) is 4.59. The fourth-order valence-corrected chi connectivity index (χ4v) is 3.09. The molecule has 3 N–H and O–H groups in total. The number of ether oxygens (including phenoxy) is 1. The van der Waals surface area contributed by atoms with Gasteiger partial charge in [0, 0.05) is 38.0 Å². The van der Waals surface area contributed by atoms with E-state index in [-0.39, 0.29) is 30.6 Å². The molecular formula is C20H23N5O5. The molecular weight excluding hydrogens is 390 g/mol. The van der Waals surface area contributed by atoms with Crippen LogP contribution in [0.5, 0.6) is 5.75 Å². The van der Waals surface area contributed by atoms with Gasteiger partial charge in [-0.15, -0.1) is 0 Å². The van der Waals surface area contributed by atoms with E-state index in [1.54, 1.807) is 25.2 Å². The number of carbonyl (C=O) groups is 2. The Balaban J connectivity index is 1.50. The Morgan fingerprint density at radius 1 is 1.17 bits per heavy atom. The van der Waals surface area contributed by atoms with Crippen molar-refractivity contribution >= 4 is 28.9 Å². The summed E-state index contributed by atoms with van der Waals surface area (Å²) in [5.41, 5.74) is 1.51. The van der Waals surface area contributed by atoms with Crippen molar-refractivity contribution in [3.63, 3.8) is 0 Å². The van der Waals surface area contributed by atoms with Crippen molar-refractivity contribution in [2.75, 3.05) is 43.4 Å². The molecule has 3 rings (SSSR count). The van der Waals surface area contributed by atoms with Crippen molar-refractivity contribution in [2.45, 2.75) is 6.10 Å². The van der Waals surface area contributed by atoms with Crippen LogP contribution >= 0.6 is 0 Å². The van der Waals surface area contributed by atoms with Gasteiger partial charge in [0.05, 0.1) is 23.7 Å². The molecule has 2 aromatic carbocycles. The quantitative estimate of drug-likeness (QED) is 0.337. The number of non-ortho nitro benzene ring substituents is 1. The zero-order valence-electron chi connectivity index (χ0n) is 16.5. The average Bonchev–Trinajstić information content (AvgIpc) is 2.76. The van der Waals surface area contributed by atoms with Crippen LogP contribution in [0.15, 0.2) is 48.5 Å². The molecule has 1 aliphatic rings. The van der Waals surface area contributed by atoms with Crippen molar-refractivity contribution < 1.29 is 19.2 Å². The summed E-state index contributed by atoms with van der Waals surface area (Å²) in [7, 11) is 1.54. The molecule has 1 aliphatic heterocycles. The van der Waals surface area contributed by atoms with E-state index in [1.165, 1.54) is 12.1 Å². The predicted molar refractivity (Wildman–Crippen MR) is 112 cm³/mol. The summed E-state index contributed by atoms with van der Waals surface area (Å²) in [4.78, 5) is 36.4. The maximum atomic E-state index is 12.4. The molecule has 0 bridgehead atoms. The average molecular weight is 413 g/mol. The molecule has 1 heterocycles. The lowest BCUT2D eigenvalue weighted by atomic mass is 10.1. The number of amides is 2. The molecule has 0 unspecified atom stereocenters. The standard InChI is InChI=1S/C20H23N5O5/c1-21-20(27)18-12-24(16-4-2-3-5-17(16)30-18)13-19(26)23-11-10-22-14-6-8-15(9-7-14)25(28)29/h2-9,18,22H,10-13H2,1H3,(H,21,27)(H,23,26)/t18-/m0/s1. The molecule has 158 valence electrons. The lowest BCUT2D eigenvalue weighted by molar-refractivity contribution is -0.384. The fraction of sp³-hybridized carbons (Fsp3) is 0.300. The number of para-hydroxylation sites is 2. The monoisotopic (exact) mass is 413 g/mol. The first-order valence-electron chi connectivity index (χ1n) is 9.45. The largest absolute Gasteiger partial charge is 0.477 e. The normalized spacial score (nSPS) is 14.8. The number of nitrogens with zero attached hydrogens (tertiary/aromatic N) is 2. The number of fused-ring (bicyclic) bond motifs is 1. The Morgan fingerprint density at radius 3 is 2.60 bits per heavy atom. The van der Waals surface area contributed by atoms with Crippen molar-refractivity contribution in [3.8, 4) is 5.75 Å². The zero-order valence-corrected chi connectivity index (χ0v) is 16.5. The number of rotatable bonds is 8. The molecule has 0 fully saturated rings. The molecule has 10 nitrogen and oxygen atoms in total. The molecule has 0 spiro atoms. The maximum absolute atomic E-state index is 12.4. The first kappa shape index (κ1) is 20.9. The number of hydrogen-bond donors (Lipinski definition) is 3. The van der Waals surface area contributed by atoms with E-state index in [4.69, 9.17) is 4.74 Å².